The Labute approximate surface area is 194 Å². The number of methoxy groups -OCH3 is 1. The fourth-order valence-electron chi connectivity index (χ4n) is 3.14. The first-order valence-electron chi connectivity index (χ1n) is 10.2. The summed E-state index contributed by atoms with van der Waals surface area (Å²) in [6, 6.07) is 15.1. The molecule has 1 aromatic heterocycles. The van der Waals surface area contributed by atoms with Gasteiger partial charge in [-0.1, -0.05) is 6.07 Å². The molecule has 0 fully saturated rings. The Morgan fingerprint density at radius 2 is 1.48 bits per heavy atom. The third-order valence-electron chi connectivity index (χ3n) is 4.78. The molecule has 33 heavy (non-hydrogen) atoms. The lowest BCUT2D eigenvalue weighted by Gasteiger charge is -2.19. The van der Waals surface area contributed by atoms with Crippen LogP contribution in [0.1, 0.15) is 24.7 Å². The van der Waals surface area contributed by atoms with Crippen LogP contribution in [0, 0.1) is 0 Å². The van der Waals surface area contributed by atoms with Crippen LogP contribution in [0.5, 0.6) is 11.5 Å². The molecule has 3 rings (SSSR count). The van der Waals surface area contributed by atoms with Crippen LogP contribution in [0.2, 0.25) is 0 Å². The molecule has 1 heterocycles. The molecule has 0 spiro atoms. The zero-order chi connectivity index (χ0) is 24.1. The van der Waals surface area contributed by atoms with Gasteiger partial charge in [0.25, 0.3) is 0 Å². The smallest absolute Gasteiger partial charge is 0.240 e. The van der Waals surface area contributed by atoms with Gasteiger partial charge in [0.15, 0.2) is 9.84 Å². The Kier molecular flexibility index (Phi) is 7.72. The normalized spacial score (nSPS) is 13.0. The molecule has 0 amide bonds. The maximum absolute atomic E-state index is 13.4. The van der Waals surface area contributed by atoms with Crippen molar-refractivity contribution in [3.63, 3.8) is 0 Å². The van der Waals surface area contributed by atoms with Crippen LogP contribution in [0.3, 0.4) is 0 Å². The van der Waals surface area contributed by atoms with Crippen molar-refractivity contribution in [1.29, 1.82) is 0 Å². The van der Waals surface area contributed by atoms with Crippen molar-refractivity contribution in [2.45, 2.75) is 35.0 Å². The van der Waals surface area contributed by atoms with E-state index in [0.29, 0.717) is 17.1 Å². The third kappa shape index (κ3) is 6.10. The number of rotatable bonds is 10. The standard InChI is InChI=1S/C23H26N2O6S2/c1-17(2)31-20-8-12-22(13-9-20)33(28,29)25-16-23(18-5-4-14-24-15-18)32(26,27)21-10-6-19(30-3)7-11-21/h4-15,17,23,25H,16H2,1-3H3/t23-/m0/s1. The van der Waals surface area contributed by atoms with Gasteiger partial charge in [0.1, 0.15) is 16.7 Å². The molecule has 0 saturated heterocycles. The van der Waals surface area contributed by atoms with Crippen LogP contribution < -0.4 is 14.2 Å². The zero-order valence-electron chi connectivity index (χ0n) is 18.5. The monoisotopic (exact) mass is 490 g/mol. The van der Waals surface area contributed by atoms with E-state index in [0.717, 1.165) is 0 Å². The Bertz CT molecular complexity index is 1260. The maximum Gasteiger partial charge on any atom is 0.240 e. The zero-order valence-corrected chi connectivity index (χ0v) is 20.1. The molecule has 10 heteroatoms. The highest BCUT2D eigenvalue weighted by Gasteiger charge is 2.31. The molecular formula is C23H26N2O6S2. The van der Waals surface area contributed by atoms with Gasteiger partial charge in [0.2, 0.25) is 10.0 Å². The number of nitrogens with zero attached hydrogens (tertiary/aromatic N) is 1. The molecule has 176 valence electrons. The van der Waals surface area contributed by atoms with Crippen molar-refractivity contribution >= 4 is 19.9 Å². The Morgan fingerprint density at radius 1 is 0.879 bits per heavy atom. The van der Waals surface area contributed by atoms with E-state index in [2.05, 4.69) is 9.71 Å². The number of hydrogen-bond acceptors (Lipinski definition) is 7. The van der Waals surface area contributed by atoms with E-state index in [9.17, 15) is 16.8 Å². The summed E-state index contributed by atoms with van der Waals surface area (Å²) in [5.74, 6) is 1.05. The summed E-state index contributed by atoms with van der Waals surface area (Å²) in [7, 11) is -6.43. The summed E-state index contributed by atoms with van der Waals surface area (Å²) < 4.78 is 65.6. The van der Waals surface area contributed by atoms with E-state index in [4.69, 9.17) is 9.47 Å². The molecule has 3 aromatic rings. The second-order valence-electron chi connectivity index (χ2n) is 7.49. The van der Waals surface area contributed by atoms with Crippen molar-refractivity contribution < 1.29 is 26.3 Å². The van der Waals surface area contributed by atoms with Crippen molar-refractivity contribution in [1.82, 2.24) is 9.71 Å². The minimum atomic E-state index is -3.97. The number of aromatic nitrogens is 1. The topological polar surface area (TPSA) is 112 Å². The van der Waals surface area contributed by atoms with Crippen LogP contribution >= 0.6 is 0 Å². The maximum atomic E-state index is 13.4. The second-order valence-corrected chi connectivity index (χ2v) is 11.4. The number of pyridine rings is 1. The van der Waals surface area contributed by atoms with E-state index >= 15 is 0 Å². The molecule has 0 saturated carbocycles. The predicted molar refractivity (Wildman–Crippen MR) is 125 cm³/mol. The molecule has 0 aliphatic carbocycles. The van der Waals surface area contributed by atoms with Crippen molar-refractivity contribution in [3.05, 3.63) is 78.6 Å². The quantitative estimate of drug-likeness (QED) is 0.464. The summed E-state index contributed by atoms with van der Waals surface area (Å²) in [5.41, 5.74) is 0.372. The lowest BCUT2D eigenvalue weighted by molar-refractivity contribution is 0.242. The average Bonchev–Trinajstić information content (AvgIpc) is 2.79. The van der Waals surface area contributed by atoms with E-state index in [1.807, 2.05) is 13.8 Å². The van der Waals surface area contributed by atoms with E-state index < -0.39 is 25.1 Å². The lowest BCUT2D eigenvalue weighted by Crippen LogP contribution is -2.32. The SMILES string of the molecule is COc1ccc(S(=O)(=O)[C@@H](CNS(=O)(=O)c2ccc(OC(C)C)cc2)c2cccnc2)cc1. The molecule has 8 nitrogen and oxygen atoms in total. The van der Waals surface area contributed by atoms with Crippen LogP contribution in [-0.2, 0) is 19.9 Å². The van der Waals surface area contributed by atoms with Gasteiger partial charge in [0.05, 0.1) is 23.0 Å². The Balaban J connectivity index is 1.88. The average molecular weight is 491 g/mol. The fraction of sp³-hybridized carbons (Fsp3) is 0.261. The van der Waals surface area contributed by atoms with Gasteiger partial charge in [0, 0.05) is 18.9 Å². The van der Waals surface area contributed by atoms with Gasteiger partial charge in [-0.2, -0.15) is 0 Å². The molecule has 0 radical (unpaired) electrons. The van der Waals surface area contributed by atoms with E-state index in [1.54, 1.807) is 24.3 Å². The molecule has 1 N–H and O–H groups in total. The highest BCUT2D eigenvalue weighted by atomic mass is 32.2. The predicted octanol–water partition coefficient (Wildman–Crippen LogP) is 3.37. The Morgan fingerprint density at radius 3 is 2.03 bits per heavy atom. The Hall–Kier alpha value is -2.95. The highest BCUT2D eigenvalue weighted by Crippen LogP contribution is 2.30. The van der Waals surface area contributed by atoms with Crippen LogP contribution in [-0.4, -0.2) is 41.6 Å². The minimum absolute atomic E-state index is 0.00499. The van der Waals surface area contributed by atoms with Crippen LogP contribution in [0.4, 0.5) is 0 Å². The summed E-state index contributed by atoms with van der Waals surface area (Å²) in [6.07, 6.45) is 2.89. The van der Waals surface area contributed by atoms with Crippen LogP contribution in [0.15, 0.2) is 82.8 Å². The number of benzene rings is 2. The molecule has 0 aliphatic heterocycles. The summed E-state index contributed by atoms with van der Waals surface area (Å²) in [6.45, 7) is 3.37. The number of ether oxygens (including phenoxy) is 2. The largest absolute Gasteiger partial charge is 0.497 e. The van der Waals surface area contributed by atoms with E-state index in [1.165, 1.54) is 55.9 Å². The fourth-order valence-corrected chi connectivity index (χ4v) is 5.94. The number of hydrogen-bond donors (Lipinski definition) is 1. The second kappa shape index (κ2) is 10.3. The van der Waals surface area contributed by atoms with Gasteiger partial charge < -0.3 is 9.47 Å². The van der Waals surface area contributed by atoms with Crippen molar-refractivity contribution in [2.75, 3.05) is 13.7 Å². The number of sulfone groups is 1. The molecule has 0 aliphatic rings. The third-order valence-corrected chi connectivity index (χ3v) is 8.34. The van der Waals surface area contributed by atoms with Crippen LogP contribution in [0.25, 0.3) is 0 Å². The number of nitrogens with one attached hydrogen (secondary N) is 1. The van der Waals surface area contributed by atoms with Crippen molar-refractivity contribution in [2.24, 2.45) is 0 Å². The van der Waals surface area contributed by atoms with Gasteiger partial charge in [-0.3, -0.25) is 4.98 Å². The molecular weight excluding hydrogens is 464 g/mol. The molecule has 2 aromatic carbocycles. The first-order valence-corrected chi connectivity index (χ1v) is 13.2. The summed E-state index contributed by atoms with van der Waals surface area (Å²) in [5, 5.41) is -1.18. The molecule has 1 atom stereocenters. The first-order chi connectivity index (χ1) is 15.6. The van der Waals surface area contributed by atoms with E-state index in [-0.39, 0.29) is 22.4 Å². The number of sulfonamides is 1. The first kappa shape index (κ1) is 24.7. The van der Waals surface area contributed by atoms with Crippen molar-refractivity contribution in [3.8, 4) is 11.5 Å². The minimum Gasteiger partial charge on any atom is -0.497 e. The molecule has 0 bridgehead atoms. The lowest BCUT2D eigenvalue weighted by atomic mass is 10.2. The van der Waals surface area contributed by atoms with Gasteiger partial charge in [-0.05, 0) is 74.0 Å². The van der Waals surface area contributed by atoms with Gasteiger partial charge in [-0.25, -0.2) is 21.6 Å². The van der Waals surface area contributed by atoms with Gasteiger partial charge in [-0.15, -0.1) is 0 Å². The molecule has 0 unspecified atom stereocenters. The summed E-state index contributed by atoms with van der Waals surface area (Å²) >= 11 is 0. The highest BCUT2D eigenvalue weighted by molar-refractivity contribution is 7.92. The summed E-state index contributed by atoms with van der Waals surface area (Å²) in [4.78, 5) is 4.05. The van der Waals surface area contributed by atoms with Gasteiger partial charge >= 0.3 is 0 Å².